The molecular weight excluding hydrogens is 292 g/mol. The van der Waals surface area contributed by atoms with Crippen LogP contribution in [0.1, 0.15) is 51.3 Å². The molecule has 0 bridgehead atoms. The fourth-order valence-corrected chi connectivity index (χ4v) is 3.35. The summed E-state index contributed by atoms with van der Waals surface area (Å²) in [6.45, 7) is 4.48. The number of carbonyl (C=O) groups is 1. The van der Waals surface area contributed by atoms with Gasteiger partial charge in [0.2, 0.25) is 17.8 Å². The van der Waals surface area contributed by atoms with Crippen molar-refractivity contribution in [1.29, 1.82) is 0 Å². The van der Waals surface area contributed by atoms with Gasteiger partial charge in [0.25, 0.3) is 0 Å². The number of nitrogens with zero attached hydrogens (tertiary/aromatic N) is 5. The second kappa shape index (κ2) is 6.29. The highest BCUT2D eigenvalue weighted by atomic mass is 16.2. The van der Waals surface area contributed by atoms with Crippen molar-refractivity contribution in [3.63, 3.8) is 0 Å². The first-order chi connectivity index (χ1) is 11.0. The predicted octanol–water partition coefficient (Wildman–Crippen LogP) is 1.31. The molecule has 2 aliphatic rings. The fourth-order valence-electron chi connectivity index (χ4n) is 3.35. The van der Waals surface area contributed by atoms with Crippen LogP contribution in [0.3, 0.4) is 0 Å². The predicted molar refractivity (Wildman–Crippen MR) is 89.8 cm³/mol. The standard InChI is InChI=1S/C16H26N6O/c1-10(2)14-18-15(21(3)4)20-16(19-14)22-9-13(23)17-11-7-5-6-8-12(11)22/h10-12H,5-9H2,1-4H3,(H,17,23). The molecule has 2 fully saturated rings. The Bertz CT molecular complexity index is 562. The number of rotatable bonds is 3. The average molecular weight is 318 g/mol. The third-order valence-electron chi connectivity index (χ3n) is 4.59. The molecule has 1 amide bonds. The van der Waals surface area contributed by atoms with Gasteiger partial charge in [-0.2, -0.15) is 15.0 Å². The summed E-state index contributed by atoms with van der Waals surface area (Å²) in [7, 11) is 3.85. The van der Waals surface area contributed by atoms with Crippen LogP contribution in [0.15, 0.2) is 0 Å². The van der Waals surface area contributed by atoms with Crippen LogP contribution in [0.5, 0.6) is 0 Å². The van der Waals surface area contributed by atoms with Crippen LogP contribution in [0, 0.1) is 0 Å². The normalized spacial score (nSPS) is 24.4. The number of hydrogen-bond donors (Lipinski definition) is 1. The number of aromatic nitrogens is 3. The maximum absolute atomic E-state index is 12.1. The van der Waals surface area contributed by atoms with E-state index in [0.29, 0.717) is 24.5 Å². The Morgan fingerprint density at radius 1 is 1.17 bits per heavy atom. The molecule has 1 saturated heterocycles. The summed E-state index contributed by atoms with van der Waals surface area (Å²) < 4.78 is 0. The molecule has 7 nitrogen and oxygen atoms in total. The van der Waals surface area contributed by atoms with Gasteiger partial charge in [-0.25, -0.2) is 0 Å². The highest BCUT2D eigenvalue weighted by Gasteiger charge is 2.38. The largest absolute Gasteiger partial charge is 0.350 e. The van der Waals surface area contributed by atoms with Crippen molar-refractivity contribution in [3.05, 3.63) is 5.82 Å². The molecule has 0 aromatic carbocycles. The lowest BCUT2D eigenvalue weighted by molar-refractivity contribution is -0.122. The van der Waals surface area contributed by atoms with E-state index in [-0.39, 0.29) is 17.9 Å². The molecule has 1 aromatic rings. The van der Waals surface area contributed by atoms with Crippen LogP contribution >= 0.6 is 0 Å². The Hall–Kier alpha value is -1.92. The third-order valence-corrected chi connectivity index (χ3v) is 4.59. The first-order valence-electron chi connectivity index (χ1n) is 8.45. The summed E-state index contributed by atoms with van der Waals surface area (Å²) >= 11 is 0. The second-order valence-electron chi connectivity index (χ2n) is 7.00. The van der Waals surface area contributed by atoms with Crippen LogP contribution < -0.4 is 15.1 Å². The summed E-state index contributed by atoms with van der Waals surface area (Å²) in [6, 6.07) is 0.506. The molecular formula is C16H26N6O. The van der Waals surface area contributed by atoms with Gasteiger partial charge >= 0.3 is 0 Å². The molecule has 1 aromatic heterocycles. The van der Waals surface area contributed by atoms with Crippen LogP contribution in [-0.2, 0) is 4.79 Å². The third kappa shape index (κ3) is 3.23. The van der Waals surface area contributed by atoms with Gasteiger partial charge in [-0.3, -0.25) is 4.79 Å². The zero-order valence-corrected chi connectivity index (χ0v) is 14.4. The molecule has 0 spiro atoms. The van der Waals surface area contributed by atoms with Crippen molar-refractivity contribution >= 4 is 17.8 Å². The van der Waals surface area contributed by atoms with Gasteiger partial charge < -0.3 is 15.1 Å². The van der Waals surface area contributed by atoms with Gasteiger partial charge in [0.15, 0.2) is 0 Å². The van der Waals surface area contributed by atoms with Gasteiger partial charge in [-0.15, -0.1) is 0 Å². The summed E-state index contributed by atoms with van der Waals surface area (Å²) in [5.41, 5.74) is 0. The summed E-state index contributed by atoms with van der Waals surface area (Å²) in [4.78, 5) is 29.9. The molecule has 7 heteroatoms. The molecule has 1 aliphatic carbocycles. The monoisotopic (exact) mass is 318 g/mol. The van der Waals surface area contributed by atoms with E-state index >= 15 is 0 Å². The molecule has 23 heavy (non-hydrogen) atoms. The highest BCUT2D eigenvalue weighted by Crippen LogP contribution is 2.29. The SMILES string of the molecule is CC(C)c1nc(N(C)C)nc(N2CC(=O)NC3CCCCC32)n1. The van der Waals surface area contributed by atoms with E-state index in [9.17, 15) is 4.79 Å². The molecule has 0 radical (unpaired) electrons. The Balaban J connectivity index is 1.99. The topological polar surface area (TPSA) is 74.2 Å². The number of fused-ring (bicyclic) bond motifs is 1. The molecule has 2 heterocycles. The molecule has 126 valence electrons. The van der Waals surface area contributed by atoms with Crippen molar-refractivity contribution in [2.75, 3.05) is 30.4 Å². The van der Waals surface area contributed by atoms with E-state index in [2.05, 4.69) is 39.0 Å². The quantitative estimate of drug-likeness (QED) is 0.906. The summed E-state index contributed by atoms with van der Waals surface area (Å²) in [5.74, 6) is 2.34. The van der Waals surface area contributed by atoms with Crippen LogP contribution in [0.25, 0.3) is 0 Å². The summed E-state index contributed by atoms with van der Waals surface area (Å²) in [6.07, 6.45) is 4.48. The average Bonchev–Trinajstić information content (AvgIpc) is 2.53. The van der Waals surface area contributed by atoms with E-state index < -0.39 is 0 Å². The summed E-state index contributed by atoms with van der Waals surface area (Å²) in [5, 5.41) is 3.13. The van der Waals surface area contributed by atoms with E-state index in [1.165, 1.54) is 12.8 Å². The number of carbonyl (C=O) groups excluding carboxylic acids is 1. The lowest BCUT2D eigenvalue weighted by Gasteiger charge is -2.44. The van der Waals surface area contributed by atoms with Gasteiger partial charge in [-0.1, -0.05) is 26.7 Å². The second-order valence-corrected chi connectivity index (χ2v) is 7.00. The van der Waals surface area contributed by atoms with Crippen molar-refractivity contribution < 1.29 is 4.79 Å². The van der Waals surface area contributed by atoms with E-state index in [1.807, 2.05) is 19.0 Å². The number of piperazine rings is 1. The minimum Gasteiger partial charge on any atom is -0.350 e. The minimum absolute atomic E-state index is 0.0612. The maximum Gasteiger partial charge on any atom is 0.239 e. The van der Waals surface area contributed by atoms with Crippen LogP contribution in [0.2, 0.25) is 0 Å². The molecule has 1 N–H and O–H groups in total. The molecule has 2 atom stereocenters. The molecule has 3 rings (SSSR count). The zero-order valence-electron chi connectivity index (χ0n) is 14.4. The van der Waals surface area contributed by atoms with E-state index in [4.69, 9.17) is 0 Å². The first kappa shape index (κ1) is 16.0. The van der Waals surface area contributed by atoms with Crippen LogP contribution in [0.4, 0.5) is 11.9 Å². The van der Waals surface area contributed by atoms with Crippen LogP contribution in [-0.4, -0.2) is 53.6 Å². The Morgan fingerprint density at radius 2 is 1.91 bits per heavy atom. The highest BCUT2D eigenvalue weighted by molar-refractivity contribution is 5.83. The smallest absolute Gasteiger partial charge is 0.239 e. The van der Waals surface area contributed by atoms with Gasteiger partial charge in [-0.05, 0) is 12.8 Å². The zero-order chi connectivity index (χ0) is 16.6. The van der Waals surface area contributed by atoms with Gasteiger partial charge in [0.05, 0.1) is 6.04 Å². The van der Waals surface area contributed by atoms with E-state index in [1.54, 1.807) is 0 Å². The van der Waals surface area contributed by atoms with Gasteiger partial charge in [0.1, 0.15) is 12.4 Å². The number of anilines is 2. The Morgan fingerprint density at radius 3 is 2.61 bits per heavy atom. The molecule has 1 saturated carbocycles. The Labute approximate surface area is 137 Å². The van der Waals surface area contributed by atoms with E-state index in [0.717, 1.165) is 18.7 Å². The van der Waals surface area contributed by atoms with Crippen molar-refractivity contribution in [2.45, 2.75) is 57.5 Å². The van der Waals surface area contributed by atoms with Gasteiger partial charge in [0, 0.05) is 26.1 Å². The van der Waals surface area contributed by atoms with Crippen molar-refractivity contribution in [1.82, 2.24) is 20.3 Å². The first-order valence-corrected chi connectivity index (χ1v) is 8.45. The Kier molecular flexibility index (Phi) is 4.37. The lowest BCUT2D eigenvalue weighted by atomic mass is 9.87. The van der Waals surface area contributed by atoms with Crippen molar-refractivity contribution in [3.8, 4) is 0 Å². The molecule has 2 unspecified atom stereocenters. The fraction of sp³-hybridized carbons (Fsp3) is 0.750. The number of nitrogens with one attached hydrogen (secondary N) is 1. The van der Waals surface area contributed by atoms with Crippen molar-refractivity contribution in [2.24, 2.45) is 0 Å². The molecule has 1 aliphatic heterocycles. The maximum atomic E-state index is 12.1. The number of amides is 1. The number of hydrogen-bond acceptors (Lipinski definition) is 6. The lowest BCUT2D eigenvalue weighted by Crippen LogP contribution is -2.62. The minimum atomic E-state index is 0.0612.